The molecule has 0 atom stereocenters. The SMILES string of the molecule is Cc1ccc(-c2cc(Br)ccc2OCC2CCCC2)n1-c1cccc(C(=O)O)c1.[Na]. The number of benzene rings is 2. The molecule has 1 aliphatic carbocycles. The second-order valence-corrected chi connectivity index (χ2v) is 8.57. The molecular weight excluding hydrogens is 453 g/mol. The fourth-order valence-corrected chi connectivity index (χ4v) is 4.44. The van der Waals surface area contributed by atoms with Gasteiger partial charge in [0.05, 0.1) is 17.9 Å². The van der Waals surface area contributed by atoms with E-state index in [-0.39, 0.29) is 35.1 Å². The molecular formula is C24H24BrNNaO3. The second kappa shape index (κ2) is 10.2. The minimum atomic E-state index is -0.929. The van der Waals surface area contributed by atoms with Crippen molar-refractivity contribution in [2.24, 2.45) is 5.92 Å². The van der Waals surface area contributed by atoms with Crippen LogP contribution < -0.4 is 4.74 Å². The number of hydrogen-bond acceptors (Lipinski definition) is 2. The van der Waals surface area contributed by atoms with E-state index in [9.17, 15) is 9.90 Å². The molecule has 1 aliphatic rings. The Hall–Kier alpha value is -1.53. The van der Waals surface area contributed by atoms with Crippen LogP contribution in [0, 0.1) is 12.8 Å². The molecule has 4 nitrogen and oxygen atoms in total. The van der Waals surface area contributed by atoms with Gasteiger partial charge in [-0.2, -0.15) is 0 Å². The number of aromatic nitrogens is 1. The summed E-state index contributed by atoms with van der Waals surface area (Å²) in [5.74, 6) is 0.558. The molecule has 1 N–H and O–H groups in total. The fourth-order valence-electron chi connectivity index (χ4n) is 4.08. The van der Waals surface area contributed by atoms with Gasteiger partial charge in [0.2, 0.25) is 0 Å². The van der Waals surface area contributed by atoms with Crippen molar-refractivity contribution in [3.05, 3.63) is 70.3 Å². The summed E-state index contributed by atoms with van der Waals surface area (Å²) in [7, 11) is 0. The summed E-state index contributed by atoms with van der Waals surface area (Å²) >= 11 is 3.59. The number of carbonyl (C=O) groups is 1. The van der Waals surface area contributed by atoms with Crippen molar-refractivity contribution in [3.8, 4) is 22.7 Å². The number of aryl methyl sites for hydroxylation is 1. The average molecular weight is 477 g/mol. The van der Waals surface area contributed by atoms with Crippen molar-refractivity contribution in [2.45, 2.75) is 32.6 Å². The summed E-state index contributed by atoms with van der Waals surface area (Å²) in [5, 5.41) is 9.38. The summed E-state index contributed by atoms with van der Waals surface area (Å²) in [4.78, 5) is 11.4. The van der Waals surface area contributed by atoms with Crippen LogP contribution in [0.3, 0.4) is 0 Å². The summed E-state index contributed by atoms with van der Waals surface area (Å²) in [6, 6.07) is 17.2. The van der Waals surface area contributed by atoms with E-state index in [4.69, 9.17) is 4.74 Å². The Bertz CT molecular complexity index is 1040. The molecule has 0 amide bonds. The average Bonchev–Trinajstić information content (AvgIpc) is 3.36. The van der Waals surface area contributed by atoms with Crippen LogP contribution in [0.15, 0.2) is 59.1 Å². The van der Waals surface area contributed by atoms with Crippen LogP contribution in [0.25, 0.3) is 16.9 Å². The minimum absolute atomic E-state index is 0. The van der Waals surface area contributed by atoms with Crippen molar-refractivity contribution >= 4 is 51.5 Å². The van der Waals surface area contributed by atoms with Crippen LogP contribution in [0.1, 0.15) is 41.7 Å². The molecule has 1 aromatic heterocycles. The molecule has 0 spiro atoms. The molecule has 151 valence electrons. The Labute approximate surface area is 207 Å². The Morgan fingerprint density at radius 3 is 2.63 bits per heavy atom. The number of rotatable bonds is 6. The number of ether oxygens (including phenoxy) is 1. The Balaban J connectivity index is 0.00000256. The van der Waals surface area contributed by atoms with Gasteiger partial charge >= 0.3 is 5.97 Å². The molecule has 2 aromatic carbocycles. The van der Waals surface area contributed by atoms with Gasteiger partial charge in [-0.05, 0) is 74.2 Å². The topological polar surface area (TPSA) is 51.5 Å². The first-order valence-electron chi connectivity index (χ1n) is 9.98. The molecule has 0 saturated heterocycles. The predicted molar refractivity (Wildman–Crippen MR) is 124 cm³/mol. The van der Waals surface area contributed by atoms with Gasteiger partial charge in [0, 0.05) is 51.0 Å². The standard InChI is InChI=1S/C24H24BrNO3.Na/c1-16-9-11-22(26(16)20-8-4-7-18(13-20)24(27)28)21-14-19(25)10-12-23(21)29-15-17-5-2-3-6-17;/h4,7-14,17H,2-3,5-6,15H2,1H3,(H,27,28);. The maximum Gasteiger partial charge on any atom is 0.335 e. The summed E-state index contributed by atoms with van der Waals surface area (Å²) < 4.78 is 9.32. The third-order valence-electron chi connectivity index (χ3n) is 5.59. The van der Waals surface area contributed by atoms with Gasteiger partial charge in [-0.3, -0.25) is 0 Å². The monoisotopic (exact) mass is 476 g/mol. The van der Waals surface area contributed by atoms with Gasteiger partial charge in [0.25, 0.3) is 0 Å². The van der Waals surface area contributed by atoms with E-state index < -0.39 is 5.97 Å². The zero-order chi connectivity index (χ0) is 20.4. The van der Waals surface area contributed by atoms with E-state index in [2.05, 4.69) is 32.6 Å². The maximum atomic E-state index is 11.4. The molecule has 30 heavy (non-hydrogen) atoms. The first kappa shape index (κ1) is 23.1. The third-order valence-corrected chi connectivity index (χ3v) is 6.09. The zero-order valence-electron chi connectivity index (χ0n) is 17.4. The number of carboxylic acid groups (broad SMARTS) is 1. The van der Waals surface area contributed by atoms with E-state index >= 15 is 0 Å². The first-order chi connectivity index (χ1) is 14.0. The Morgan fingerprint density at radius 1 is 1.13 bits per heavy atom. The van der Waals surface area contributed by atoms with E-state index in [1.54, 1.807) is 18.2 Å². The van der Waals surface area contributed by atoms with Crippen LogP contribution in [0.4, 0.5) is 0 Å². The summed E-state index contributed by atoms with van der Waals surface area (Å²) in [6.07, 6.45) is 5.07. The second-order valence-electron chi connectivity index (χ2n) is 7.65. The Kier molecular flexibility index (Phi) is 7.86. The van der Waals surface area contributed by atoms with Gasteiger partial charge in [-0.15, -0.1) is 0 Å². The number of aromatic carboxylic acids is 1. The molecule has 3 aromatic rings. The van der Waals surface area contributed by atoms with Crippen LogP contribution >= 0.6 is 15.9 Å². The number of nitrogens with zero attached hydrogens (tertiary/aromatic N) is 1. The normalized spacial score (nSPS) is 13.8. The van der Waals surface area contributed by atoms with Crippen LogP contribution in [0.5, 0.6) is 5.75 Å². The van der Waals surface area contributed by atoms with Gasteiger partial charge in [-0.25, -0.2) is 4.79 Å². The van der Waals surface area contributed by atoms with Crippen molar-refractivity contribution in [1.82, 2.24) is 4.57 Å². The number of halogens is 1. The predicted octanol–water partition coefficient (Wildman–Crippen LogP) is 6.10. The van der Waals surface area contributed by atoms with E-state index in [1.807, 2.05) is 31.2 Å². The van der Waals surface area contributed by atoms with E-state index in [0.717, 1.165) is 39.5 Å². The quantitative estimate of drug-likeness (QED) is 0.437. The smallest absolute Gasteiger partial charge is 0.335 e. The maximum absolute atomic E-state index is 11.4. The molecule has 1 fully saturated rings. The van der Waals surface area contributed by atoms with E-state index in [0.29, 0.717) is 5.92 Å². The van der Waals surface area contributed by atoms with Gasteiger partial charge in [0.1, 0.15) is 5.75 Å². The van der Waals surface area contributed by atoms with Gasteiger partial charge < -0.3 is 14.4 Å². The fraction of sp³-hybridized carbons (Fsp3) is 0.292. The number of carboxylic acids is 1. The van der Waals surface area contributed by atoms with Gasteiger partial charge in [0.15, 0.2) is 0 Å². The molecule has 0 bridgehead atoms. The van der Waals surface area contributed by atoms with Crippen LogP contribution in [-0.4, -0.2) is 51.8 Å². The van der Waals surface area contributed by atoms with Crippen molar-refractivity contribution in [2.75, 3.05) is 6.61 Å². The number of hydrogen-bond donors (Lipinski definition) is 1. The summed E-state index contributed by atoms with van der Waals surface area (Å²) in [5.41, 5.74) is 4.10. The first-order valence-corrected chi connectivity index (χ1v) is 10.8. The van der Waals surface area contributed by atoms with E-state index in [1.165, 1.54) is 25.7 Å². The van der Waals surface area contributed by atoms with Crippen LogP contribution in [-0.2, 0) is 0 Å². The molecule has 6 heteroatoms. The molecule has 1 saturated carbocycles. The largest absolute Gasteiger partial charge is 0.493 e. The van der Waals surface area contributed by atoms with Crippen molar-refractivity contribution in [3.63, 3.8) is 0 Å². The molecule has 4 rings (SSSR count). The third kappa shape index (κ3) is 5.02. The molecule has 0 unspecified atom stereocenters. The molecule has 0 aliphatic heterocycles. The van der Waals surface area contributed by atoms with Crippen molar-refractivity contribution < 1.29 is 14.6 Å². The Morgan fingerprint density at radius 2 is 1.90 bits per heavy atom. The molecule has 1 radical (unpaired) electrons. The van der Waals surface area contributed by atoms with Crippen LogP contribution in [0.2, 0.25) is 0 Å². The minimum Gasteiger partial charge on any atom is -0.493 e. The molecule has 1 heterocycles. The summed E-state index contributed by atoms with van der Waals surface area (Å²) in [6.45, 7) is 2.76. The zero-order valence-corrected chi connectivity index (χ0v) is 21.0. The van der Waals surface area contributed by atoms with Crippen molar-refractivity contribution in [1.29, 1.82) is 0 Å². The van der Waals surface area contributed by atoms with Gasteiger partial charge in [-0.1, -0.05) is 34.8 Å².